The van der Waals surface area contributed by atoms with Crippen LogP contribution in [-0.2, 0) is 20.0 Å². The molecule has 1 aliphatic heterocycles. The maximum Gasteiger partial charge on any atom is 0.193 e. The fourth-order valence-electron chi connectivity index (χ4n) is 3.68. The number of unbranched alkanes of at least 4 members (excludes halogenated alkanes) is 1. The molecule has 1 unspecified atom stereocenters. The maximum atomic E-state index is 4.48. The summed E-state index contributed by atoms with van der Waals surface area (Å²) in [4.78, 5) is 11.1. The fraction of sp³-hybridized carbons (Fsp3) is 0.632. The second kappa shape index (κ2) is 10.7. The third-order valence-electron chi connectivity index (χ3n) is 5.11. The van der Waals surface area contributed by atoms with Crippen LogP contribution in [0, 0.1) is 12.8 Å². The number of hydrogen-bond donors (Lipinski definition) is 1. The van der Waals surface area contributed by atoms with Crippen molar-refractivity contribution in [2.45, 2.75) is 39.2 Å². The first-order valence-corrected chi connectivity index (χ1v) is 9.56. The molecule has 1 fully saturated rings. The van der Waals surface area contributed by atoms with Crippen LogP contribution in [0.2, 0.25) is 0 Å². The van der Waals surface area contributed by atoms with Crippen LogP contribution in [0.1, 0.15) is 30.7 Å². The van der Waals surface area contributed by atoms with E-state index in [9.17, 15) is 0 Å². The van der Waals surface area contributed by atoms with Gasteiger partial charge in [0.25, 0.3) is 0 Å². The van der Waals surface area contributed by atoms with Gasteiger partial charge in [-0.3, -0.25) is 9.67 Å². The standard InChI is InChI=1S/C19H31N7.HI/c1-16-21-8-11-25(16)9-5-4-7-22-19(20-2)26-10-6-17(15-26)12-18-13-23-24(3)14-18;/h8,11,13-14,17H,4-7,9-10,12,15H2,1-3H3,(H,20,22);1H. The Labute approximate surface area is 179 Å². The zero-order valence-corrected chi connectivity index (χ0v) is 19.0. The smallest absolute Gasteiger partial charge is 0.193 e. The van der Waals surface area contributed by atoms with Crippen molar-refractivity contribution in [3.8, 4) is 0 Å². The Bertz CT molecular complexity index is 721. The molecule has 1 N–H and O–H groups in total. The van der Waals surface area contributed by atoms with Gasteiger partial charge in [-0.25, -0.2) is 4.98 Å². The van der Waals surface area contributed by atoms with Gasteiger partial charge in [0.15, 0.2) is 5.96 Å². The number of nitrogens with one attached hydrogen (secondary N) is 1. The van der Waals surface area contributed by atoms with Gasteiger partial charge in [-0.15, -0.1) is 24.0 Å². The minimum absolute atomic E-state index is 0. The van der Waals surface area contributed by atoms with Crippen LogP contribution in [0.25, 0.3) is 0 Å². The minimum Gasteiger partial charge on any atom is -0.356 e. The summed E-state index contributed by atoms with van der Waals surface area (Å²) >= 11 is 0. The molecule has 2 aromatic rings. The van der Waals surface area contributed by atoms with E-state index < -0.39 is 0 Å². The van der Waals surface area contributed by atoms with Crippen molar-refractivity contribution < 1.29 is 0 Å². The summed E-state index contributed by atoms with van der Waals surface area (Å²) in [6.45, 7) is 6.20. The van der Waals surface area contributed by atoms with E-state index >= 15 is 0 Å². The van der Waals surface area contributed by atoms with Gasteiger partial charge >= 0.3 is 0 Å². The molecule has 3 rings (SSSR count). The van der Waals surface area contributed by atoms with Crippen LogP contribution >= 0.6 is 24.0 Å². The number of likely N-dealkylation sites (tertiary alicyclic amines) is 1. The van der Waals surface area contributed by atoms with Crippen molar-refractivity contribution in [3.05, 3.63) is 36.2 Å². The van der Waals surface area contributed by atoms with Gasteiger partial charge in [-0.05, 0) is 44.1 Å². The molecule has 1 saturated heterocycles. The molecule has 27 heavy (non-hydrogen) atoms. The average Bonchev–Trinajstić information content (AvgIpc) is 3.34. The Morgan fingerprint density at radius 3 is 2.89 bits per heavy atom. The van der Waals surface area contributed by atoms with Gasteiger partial charge in [0.1, 0.15) is 5.82 Å². The molecule has 0 radical (unpaired) electrons. The predicted octanol–water partition coefficient (Wildman–Crippen LogP) is 2.46. The van der Waals surface area contributed by atoms with Crippen LogP contribution in [0.15, 0.2) is 29.8 Å². The van der Waals surface area contributed by atoms with E-state index in [-0.39, 0.29) is 24.0 Å². The number of halogens is 1. The number of aliphatic imine (C=N–C) groups is 1. The van der Waals surface area contributed by atoms with Gasteiger partial charge in [0, 0.05) is 58.9 Å². The molecule has 1 aliphatic rings. The molecule has 2 aromatic heterocycles. The Kier molecular flexibility index (Phi) is 8.59. The second-order valence-electron chi connectivity index (χ2n) is 7.18. The predicted molar refractivity (Wildman–Crippen MR) is 120 cm³/mol. The monoisotopic (exact) mass is 485 g/mol. The lowest BCUT2D eigenvalue weighted by Gasteiger charge is -2.21. The van der Waals surface area contributed by atoms with Crippen molar-refractivity contribution in [2.24, 2.45) is 18.0 Å². The van der Waals surface area contributed by atoms with Crippen LogP contribution in [0.4, 0.5) is 0 Å². The van der Waals surface area contributed by atoms with E-state index in [1.807, 2.05) is 37.4 Å². The maximum absolute atomic E-state index is 4.48. The van der Waals surface area contributed by atoms with Crippen molar-refractivity contribution in [1.29, 1.82) is 0 Å². The van der Waals surface area contributed by atoms with Gasteiger partial charge in [0.2, 0.25) is 0 Å². The normalized spacial score (nSPS) is 17.2. The summed E-state index contributed by atoms with van der Waals surface area (Å²) in [5.41, 5.74) is 1.33. The molecule has 0 spiro atoms. The summed E-state index contributed by atoms with van der Waals surface area (Å²) in [5.74, 6) is 2.81. The molecule has 0 saturated carbocycles. The Hall–Kier alpha value is -1.58. The SMILES string of the molecule is CN=C(NCCCCn1ccnc1C)N1CCC(Cc2cnn(C)c2)C1.I. The van der Waals surface area contributed by atoms with Crippen LogP contribution in [0.5, 0.6) is 0 Å². The lowest BCUT2D eigenvalue weighted by Crippen LogP contribution is -2.40. The van der Waals surface area contributed by atoms with Crippen LogP contribution < -0.4 is 5.32 Å². The highest BCUT2D eigenvalue weighted by Crippen LogP contribution is 2.20. The first-order valence-electron chi connectivity index (χ1n) is 9.56. The van der Waals surface area contributed by atoms with Gasteiger partial charge in [-0.1, -0.05) is 0 Å². The summed E-state index contributed by atoms with van der Waals surface area (Å²) < 4.78 is 4.09. The van der Waals surface area contributed by atoms with E-state index in [4.69, 9.17) is 0 Å². The van der Waals surface area contributed by atoms with E-state index in [1.54, 1.807) is 0 Å². The molecular formula is C19H32IN7. The highest BCUT2D eigenvalue weighted by atomic mass is 127. The number of guanidine groups is 1. The summed E-state index contributed by atoms with van der Waals surface area (Å²) in [7, 11) is 3.86. The quantitative estimate of drug-likeness (QED) is 0.283. The second-order valence-corrected chi connectivity index (χ2v) is 7.18. The molecule has 1 atom stereocenters. The Morgan fingerprint density at radius 2 is 2.22 bits per heavy atom. The van der Waals surface area contributed by atoms with Crippen molar-refractivity contribution in [2.75, 3.05) is 26.7 Å². The van der Waals surface area contributed by atoms with Crippen molar-refractivity contribution in [1.82, 2.24) is 29.5 Å². The largest absolute Gasteiger partial charge is 0.356 e. The molecule has 0 aliphatic carbocycles. The third kappa shape index (κ3) is 6.22. The fourth-order valence-corrected chi connectivity index (χ4v) is 3.68. The molecule has 0 bridgehead atoms. The van der Waals surface area contributed by atoms with Crippen molar-refractivity contribution >= 4 is 29.9 Å². The number of hydrogen-bond acceptors (Lipinski definition) is 3. The number of aromatic nitrogens is 4. The van der Waals surface area contributed by atoms with E-state index in [2.05, 4.69) is 43.0 Å². The molecule has 3 heterocycles. The zero-order chi connectivity index (χ0) is 18.4. The van der Waals surface area contributed by atoms with Crippen LogP contribution in [0.3, 0.4) is 0 Å². The lowest BCUT2D eigenvalue weighted by atomic mass is 10.0. The Morgan fingerprint density at radius 1 is 1.37 bits per heavy atom. The number of imidazole rings is 1. The Balaban J connectivity index is 0.00000261. The first kappa shape index (κ1) is 21.7. The van der Waals surface area contributed by atoms with Gasteiger partial charge in [0.05, 0.1) is 6.20 Å². The minimum atomic E-state index is 0. The highest BCUT2D eigenvalue weighted by molar-refractivity contribution is 14.0. The third-order valence-corrected chi connectivity index (χ3v) is 5.11. The summed E-state index contributed by atoms with van der Waals surface area (Å²) in [6.07, 6.45) is 12.6. The van der Waals surface area contributed by atoms with Gasteiger partial charge in [-0.2, -0.15) is 5.10 Å². The molecule has 150 valence electrons. The lowest BCUT2D eigenvalue weighted by molar-refractivity contribution is 0.457. The average molecular weight is 485 g/mol. The number of rotatable bonds is 7. The zero-order valence-electron chi connectivity index (χ0n) is 16.6. The van der Waals surface area contributed by atoms with E-state index in [0.29, 0.717) is 5.92 Å². The molecule has 0 amide bonds. The molecule has 8 heteroatoms. The van der Waals surface area contributed by atoms with Crippen LogP contribution in [-0.4, -0.2) is 56.9 Å². The van der Waals surface area contributed by atoms with E-state index in [0.717, 1.165) is 57.2 Å². The molecule has 0 aromatic carbocycles. The number of aryl methyl sites for hydroxylation is 3. The number of nitrogens with zero attached hydrogens (tertiary/aromatic N) is 6. The molecular weight excluding hydrogens is 453 g/mol. The summed E-state index contributed by atoms with van der Waals surface area (Å²) in [6, 6.07) is 0. The van der Waals surface area contributed by atoms with Gasteiger partial charge < -0.3 is 14.8 Å². The topological polar surface area (TPSA) is 63.3 Å². The molecule has 7 nitrogen and oxygen atoms in total. The van der Waals surface area contributed by atoms with Crippen molar-refractivity contribution in [3.63, 3.8) is 0 Å². The summed E-state index contributed by atoms with van der Waals surface area (Å²) in [5, 5.41) is 7.80. The van der Waals surface area contributed by atoms with E-state index in [1.165, 1.54) is 12.0 Å². The highest BCUT2D eigenvalue weighted by Gasteiger charge is 2.25. The first-order chi connectivity index (χ1) is 12.7.